The Morgan fingerprint density at radius 3 is 2.32 bits per heavy atom. The predicted octanol–water partition coefficient (Wildman–Crippen LogP) is 8.13. The molecule has 1 aliphatic rings. The molecule has 0 radical (unpaired) electrons. The van der Waals surface area contributed by atoms with Crippen LogP contribution in [0, 0.1) is 6.92 Å². The Hall–Kier alpha value is -2.82. The van der Waals surface area contributed by atoms with E-state index in [1.165, 1.54) is 16.7 Å². The van der Waals surface area contributed by atoms with Gasteiger partial charge in [0.1, 0.15) is 23.6 Å². The number of rotatable bonds is 8. The molecule has 4 heteroatoms. The van der Waals surface area contributed by atoms with Crippen LogP contribution in [0.4, 0.5) is 5.69 Å². The second-order valence-corrected chi connectivity index (χ2v) is 12.0. The van der Waals surface area contributed by atoms with Crippen LogP contribution in [0.1, 0.15) is 82.4 Å². The van der Waals surface area contributed by atoms with Crippen LogP contribution >= 0.6 is 0 Å². The second kappa shape index (κ2) is 10.9. The van der Waals surface area contributed by atoms with Gasteiger partial charge in [-0.2, -0.15) is 0 Å². The Morgan fingerprint density at radius 2 is 1.68 bits per heavy atom. The van der Waals surface area contributed by atoms with Crippen LogP contribution in [-0.2, 0) is 28.0 Å². The van der Waals surface area contributed by atoms with Crippen LogP contribution in [0.3, 0.4) is 0 Å². The Bertz CT molecular complexity index is 1190. The smallest absolute Gasteiger partial charge is 0.132 e. The highest BCUT2D eigenvalue weighted by Gasteiger charge is 2.46. The molecule has 4 rings (SSSR count). The zero-order valence-electron chi connectivity index (χ0n) is 23.7. The lowest BCUT2D eigenvalue weighted by molar-refractivity contribution is -0.177. The topological polar surface area (TPSA) is 39.7 Å². The fourth-order valence-electron chi connectivity index (χ4n) is 4.86. The molecule has 0 fully saturated rings. The van der Waals surface area contributed by atoms with Gasteiger partial charge in [0, 0.05) is 17.8 Å². The van der Waals surface area contributed by atoms with E-state index in [-0.39, 0.29) is 23.7 Å². The number of fused-ring (bicyclic) bond motifs is 1. The standard InChI is InChI=1S/C33H43NO3/c1-22(2)36-30-28-19-27(34-20-25-12-10-9-11-23(25)3)17-18-29(28)37-33(7,8)31(30)35-21-24-13-15-26(16-14-24)32(4,5)6/h9-19,22,30-31,34H,20-21H2,1-8H3. The van der Waals surface area contributed by atoms with Crippen LogP contribution < -0.4 is 10.1 Å². The summed E-state index contributed by atoms with van der Waals surface area (Å²) in [6.45, 7) is 18.4. The van der Waals surface area contributed by atoms with E-state index in [1.54, 1.807) is 0 Å². The molecule has 0 saturated carbocycles. The molecule has 0 bridgehead atoms. The van der Waals surface area contributed by atoms with E-state index in [0.717, 1.165) is 29.1 Å². The van der Waals surface area contributed by atoms with E-state index in [4.69, 9.17) is 14.2 Å². The van der Waals surface area contributed by atoms with Crippen molar-refractivity contribution in [3.8, 4) is 5.75 Å². The van der Waals surface area contributed by atoms with Crippen molar-refractivity contribution in [1.29, 1.82) is 0 Å². The molecule has 0 amide bonds. The molecular formula is C33H43NO3. The minimum Gasteiger partial charge on any atom is -0.485 e. The summed E-state index contributed by atoms with van der Waals surface area (Å²) in [5.74, 6) is 0.853. The molecular weight excluding hydrogens is 458 g/mol. The molecule has 2 unspecified atom stereocenters. The predicted molar refractivity (Wildman–Crippen MR) is 152 cm³/mol. The monoisotopic (exact) mass is 501 g/mol. The third-order valence-electron chi connectivity index (χ3n) is 7.06. The van der Waals surface area contributed by atoms with Crippen LogP contribution in [0.15, 0.2) is 66.7 Å². The summed E-state index contributed by atoms with van der Waals surface area (Å²) in [5, 5.41) is 3.58. The molecule has 1 N–H and O–H groups in total. The van der Waals surface area contributed by atoms with Gasteiger partial charge in [-0.25, -0.2) is 0 Å². The Labute approximate surface area is 223 Å². The van der Waals surface area contributed by atoms with Crippen LogP contribution in [0.2, 0.25) is 0 Å². The summed E-state index contributed by atoms with van der Waals surface area (Å²) in [6, 6.07) is 23.5. The minimum absolute atomic E-state index is 0.0486. The molecule has 1 aliphatic heterocycles. The first-order valence-corrected chi connectivity index (χ1v) is 13.4. The van der Waals surface area contributed by atoms with Crippen molar-refractivity contribution >= 4 is 5.69 Å². The van der Waals surface area contributed by atoms with E-state index in [1.807, 2.05) is 0 Å². The van der Waals surface area contributed by atoms with Gasteiger partial charge in [0.15, 0.2) is 0 Å². The molecule has 1 heterocycles. The zero-order chi connectivity index (χ0) is 26.8. The summed E-state index contributed by atoms with van der Waals surface area (Å²) >= 11 is 0. The summed E-state index contributed by atoms with van der Waals surface area (Å²) in [5.41, 5.74) is 6.67. The number of anilines is 1. The number of nitrogens with one attached hydrogen (secondary N) is 1. The van der Waals surface area contributed by atoms with Crippen LogP contribution in [-0.4, -0.2) is 17.8 Å². The Kier molecular flexibility index (Phi) is 8.01. The third kappa shape index (κ3) is 6.55. The first kappa shape index (κ1) is 27.2. The Morgan fingerprint density at radius 1 is 0.973 bits per heavy atom. The van der Waals surface area contributed by atoms with Gasteiger partial charge >= 0.3 is 0 Å². The lowest BCUT2D eigenvalue weighted by Gasteiger charge is -2.45. The van der Waals surface area contributed by atoms with E-state index < -0.39 is 5.60 Å². The van der Waals surface area contributed by atoms with E-state index in [2.05, 4.69) is 127 Å². The maximum Gasteiger partial charge on any atom is 0.132 e. The van der Waals surface area contributed by atoms with Crippen molar-refractivity contribution in [1.82, 2.24) is 0 Å². The maximum atomic E-state index is 6.59. The normalized spacial score (nSPS) is 18.8. The molecule has 3 aromatic rings. The number of hydrogen-bond acceptors (Lipinski definition) is 4. The van der Waals surface area contributed by atoms with Gasteiger partial charge in [-0.15, -0.1) is 0 Å². The Balaban J connectivity index is 1.56. The highest BCUT2D eigenvalue weighted by Crippen LogP contribution is 2.45. The number of aryl methyl sites for hydroxylation is 1. The fourth-order valence-corrected chi connectivity index (χ4v) is 4.86. The molecule has 0 saturated heterocycles. The molecule has 3 aromatic carbocycles. The van der Waals surface area contributed by atoms with Crippen molar-refractivity contribution in [2.24, 2.45) is 0 Å². The van der Waals surface area contributed by atoms with Crippen LogP contribution in [0.5, 0.6) is 5.75 Å². The van der Waals surface area contributed by atoms with Gasteiger partial charge in [-0.1, -0.05) is 69.3 Å². The van der Waals surface area contributed by atoms with Gasteiger partial charge in [0.25, 0.3) is 0 Å². The fraction of sp³-hybridized carbons (Fsp3) is 0.455. The molecule has 37 heavy (non-hydrogen) atoms. The third-order valence-corrected chi connectivity index (χ3v) is 7.06. The number of benzene rings is 3. The quantitative estimate of drug-likeness (QED) is 0.338. The average Bonchev–Trinajstić information content (AvgIpc) is 2.82. The first-order chi connectivity index (χ1) is 17.4. The summed E-state index contributed by atoms with van der Waals surface area (Å²) in [6.07, 6.45) is -0.461. The lowest BCUT2D eigenvalue weighted by atomic mass is 9.86. The number of ether oxygens (including phenoxy) is 3. The van der Waals surface area contributed by atoms with Crippen molar-refractivity contribution in [3.05, 3.63) is 94.5 Å². The van der Waals surface area contributed by atoms with Crippen molar-refractivity contribution in [3.63, 3.8) is 0 Å². The van der Waals surface area contributed by atoms with Gasteiger partial charge < -0.3 is 19.5 Å². The van der Waals surface area contributed by atoms with Crippen molar-refractivity contribution in [2.75, 3.05) is 5.32 Å². The minimum atomic E-state index is -0.548. The van der Waals surface area contributed by atoms with Gasteiger partial charge in [-0.05, 0) is 80.5 Å². The van der Waals surface area contributed by atoms with Crippen molar-refractivity contribution < 1.29 is 14.2 Å². The highest BCUT2D eigenvalue weighted by molar-refractivity contribution is 5.54. The maximum absolute atomic E-state index is 6.59. The first-order valence-electron chi connectivity index (χ1n) is 13.4. The summed E-state index contributed by atoms with van der Waals surface area (Å²) in [4.78, 5) is 0. The summed E-state index contributed by atoms with van der Waals surface area (Å²) in [7, 11) is 0. The summed E-state index contributed by atoms with van der Waals surface area (Å²) < 4.78 is 19.6. The van der Waals surface area contributed by atoms with Gasteiger partial charge in [-0.3, -0.25) is 0 Å². The number of hydrogen-bond donors (Lipinski definition) is 1. The SMILES string of the molecule is Cc1ccccc1CNc1ccc2c(c1)C(OC(C)C)C(OCc1ccc(C(C)(C)C)cc1)C(C)(C)O2. The molecule has 4 nitrogen and oxygen atoms in total. The largest absolute Gasteiger partial charge is 0.485 e. The molecule has 0 aromatic heterocycles. The molecule has 2 atom stereocenters. The van der Waals surface area contributed by atoms with Crippen LogP contribution in [0.25, 0.3) is 0 Å². The van der Waals surface area contributed by atoms with Crippen molar-refractivity contribution in [2.45, 2.75) is 97.9 Å². The van der Waals surface area contributed by atoms with E-state index in [9.17, 15) is 0 Å². The van der Waals surface area contributed by atoms with Gasteiger partial charge in [0.2, 0.25) is 0 Å². The highest BCUT2D eigenvalue weighted by atomic mass is 16.6. The van der Waals surface area contributed by atoms with Gasteiger partial charge in [0.05, 0.1) is 12.7 Å². The molecule has 0 spiro atoms. The van der Waals surface area contributed by atoms with E-state index in [0.29, 0.717) is 6.61 Å². The lowest BCUT2D eigenvalue weighted by Crippen LogP contribution is -2.51. The molecule has 0 aliphatic carbocycles. The average molecular weight is 502 g/mol. The molecule has 198 valence electrons. The zero-order valence-corrected chi connectivity index (χ0v) is 23.7. The van der Waals surface area contributed by atoms with E-state index >= 15 is 0 Å². The second-order valence-electron chi connectivity index (χ2n) is 12.0.